The van der Waals surface area contributed by atoms with E-state index in [9.17, 15) is 14.7 Å². The van der Waals surface area contributed by atoms with Crippen LogP contribution in [0.15, 0.2) is 15.9 Å². The van der Waals surface area contributed by atoms with Crippen LogP contribution in [0.25, 0.3) is 0 Å². The predicted molar refractivity (Wildman–Crippen MR) is 70.1 cm³/mol. The molecule has 1 N–H and O–H groups in total. The summed E-state index contributed by atoms with van der Waals surface area (Å²) in [6.07, 6.45) is 0. The Morgan fingerprint density at radius 3 is 2.35 bits per heavy atom. The minimum Gasteiger partial charge on any atom is -0.479 e. The highest BCUT2D eigenvalue weighted by atomic mass is 79.9. The van der Waals surface area contributed by atoms with E-state index in [-0.39, 0.29) is 11.9 Å². The van der Waals surface area contributed by atoms with E-state index in [2.05, 4.69) is 15.9 Å². The zero-order valence-electron chi connectivity index (χ0n) is 9.81. The van der Waals surface area contributed by atoms with Gasteiger partial charge in [0.25, 0.3) is 0 Å². The summed E-state index contributed by atoms with van der Waals surface area (Å²) in [5, 5.41) is 11.1. The maximum absolute atomic E-state index is 11.6. The van der Waals surface area contributed by atoms with Gasteiger partial charge in [-0.2, -0.15) is 0 Å². The first-order valence-corrected chi connectivity index (χ1v) is 6.78. The van der Waals surface area contributed by atoms with Crippen LogP contribution >= 0.6 is 27.3 Å². The summed E-state index contributed by atoms with van der Waals surface area (Å²) >= 11 is 4.64. The summed E-state index contributed by atoms with van der Waals surface area (Å²) in [7, 11) is 0. The molecule has 0 fully saturated rings. The molecule has 1 heterocycles. The second-order valence-corrected chi connectivity index (χ2v) is 5.70. The van der Waals surface area contributed by atoms with Crippen molar-refractivity contribution in [2.45, 2.75) is 32.9 Å². The lowest BCUT2D eigenvalue weighted by Crippen LogP contribution is -2.42. The van der Waals surface area contributed by atoms with Crippen LogP contribution in [0.3, 0.4) is 0 Å². The van der Waals surface area contributed by atoms with Crippen molar-refractivity contribution in [2.24, 2.45) is 0 Å². The lowest BCUT2D eigenvalue weighted by molar-refractivity contribution is -0.151. The molecule has 1 atom stereocenters. The number of thiophene rings is 1. The van der Waals surface area contributed by atoms with Crippen LogP contribution < -0.4 is 0 Å². The molecule has 1 amide bonds. The molecule has 6 heteroatoms. The molecule has 0 saturated heterocycles. The second kappa shape index (κ2) is 5.64. The summed E-state index contributed by atoms with van der Waals surface area (Å²) in [5.74, 6) is -1.26. The van der Waals surface area contributed by atoms with Crippen molar-refractivity contribution in [3.63, 3.8) is 0 Å². The van der Waals surface area contributed by atoms with Crippen LogP contribution in [0.5, 0.6) is 0 Å². The molecule has 4 nitrogen and oxygen atoms in total. The number of nitrogens with zero attached hydrogens (tertiary/aromatic N) is 1. The van der Waals surface area contributed by atoms with E-state index in [1.807, 2.05) is 0 Å². The Balaban J connectivity index is 3.21. The van der Waals surface area contributed by atoms with Crippen molar-refractivity contribution in [3.05, 3.63) is 20.8 Å². The first kappa shape index (κ1) is 14.2. The third-order valence-electron chi connectivity index (χ3n) is 2.33. The Morgan fingerprint density at radius 2 is 2.06 bits per heavy atom. The fraction of sp³-hybridized carbons (Fsp3) is 0.455. The number of amides is 1. The third kappa shape index (κ3) is 3.07. The Kier molecular flexibility index (Phi) is 4.70. The highest BCUT2D eigenvalue weighted by molar-refractivity contribution is 9.10. The first-order chi connectivity index (χ1) is 7.86. The molecule has 0 aliphatic rings. The molecule has 17 heavy (non-hydrogen) atoms. The Morgan fingerprint density at radius 1 is 1.47 bits per heavy atom. The lowest BCUT2D eigenvalue weighted by Gasteiger charge is -2.31. The molecule has 0 bridgehead atoms. The molecule has 0 spiro atoms. The number of hydrogen-bond donors (Lipinski definition) is 1. The number of carboxylic acid groups (broad SMARTS) is 1. The molecule has 1 rings (SSSR count). The maximum atomic E-state index is 11.6. The van der Waals surface area contributed by atoms with Crippen LogP contribution in [-0.2, 0) is 9.59 Å². The fourth-order valence-corrected chi connectivity index (χ4v) is 3.38. The average molecular weight is 320 g/mol. The van der Waals surface area contributed by atoms with Gasteiger partial charge in [0.15, 0.2) is 6.04 Å². The summed E-state index contributed by atoms with van der Waals surface area (Å²) in [6, 6.07) is 0.693. The Hall–Kier alpha value is -0.880. The predicted octanol–water partition coefficient (Wildman–Crippen LogP) is 2.89. The zero-order valence-corrected chi connectivity index (χ0v) is 12.2. The van der Waals surface area contributed by atoms with Crippen molar-refractivity contribution >= 4 is 39.1 Å². The van der Waals surface area contributed by atoms with Crippen LogP contribution in [0.2, 0.25) is 0 Å². The van der Waals surface area contributed by atoms with Gasteiger partial charge in [-0.3, -0.25) is 4.79 Å². The van der Waals surface area contributed by atoms with Crippen molar-refractivity contribution in [2.75, 3.05) is 0 Å². The molecule has 0 saturated carbocycles. The van der Waals surface area contributed by atoms with Gasteiger partial charge >= 0.3 is 5.97 Å². The minimum atomic E-state index is -1.02. The molecule has 0 radical (unpaired) electrons. The second-order valence-electron chi connectivity index (χ2n) is 3.89. The smallest absolute Gasteiger partial charge is 0.332 e. The summed E-state index contributed by atoms with van der Waals surface area (Å²) in [6.45, 7) is 5.00. The lowest BCUT2D eigenvalue weighted by atomic mass is 10.1. The number of carbonyl (C=O) groups excluding carboxylic acids is 1. The first-order valence-electron chi connectivity index (χ1n) is 5.10. The topological polar surface area (TPSA) is 57.6 Å². The number of carbonyl (C=O) groups is 2. The Labute approximate surface area is 112 Å². The molecule has 0 aliphatic carbocycles. The normalized spacial score (nSPS) is 12.5. The molecule has 94 valence electrons. The maximum Gasteiger partial charge on any atom is 0.332 e. The van der Waals surface area contributed by atoms with E-state index < -0.39 is 12.0 Å². The van der Waals surface area contributed by atoms with Gasteiger partial charge in [-0.1, -0.05) is 0 Å². The SMILES string of the molecule is CC(=O)N(C(C)C)C(C(=O)O)c1sccc1Br. The number of aliphatic carboxylic acids is 1. The van der Waals surface area contributed by atoms with Crippen LogP contribution in [0.1, 0.15) is 31.7 Å². The summed E-state index contributed by atoms with van der Waals surface area (Å²) in [5.41, 5.74) is 0. The van der Waals surface area contributed by atoms with Crippen LogP contribution in [0.4, 0.5) is 0 Å². The van der Waals surface area contributed by atoms with Gasteiger partial charge in [0.1, 0.15) is 0 Å². The van der Waals surface area contributed by atoms with Gasteiger partial charge in [0.2, 0.25) is 5.91 Å². The van der Waals surface area contributed by atoms with Gasteiger partial charge in [-0.05, 0) is 41.2 Å². The quantitative estimate of drug-likeness (QED) is 0.928. The minimum absolute atomic E-state index is 0.164. The molecule has 0 aliphatic heterocycles. The summed E-state index contributed by atoms with van der Waals surface area (Å²) in [4.78, 5) is 25.0. The van der Waals surface area contributed by atoms with Crippen LogP contribution in [0, 0.1) is 0 Å². The summed E-state index contributed by atoms with van der Waals surface area (Å²) < 4.78 is 0.724. The number of hydrogen-bond acceptors (Lipinski definition) is 3. The van der Waals surface area contributed by atoms with E-state index in [1.165, 1.54) is 23.2 Å². The third-order valence-corrected chi connectivity index (χ3v) is 4.25. The van der Waals surface area contributed by atoms with Crippen molar-refractivity contribution in [1.82, 2.24) is 4.90 Å². The van der Waals surface area contributed by atoms with Crippen molar-refractivity contribution in [3.8, 4) is 0 Å². The van der Waals surface area contributed by atoms with Gasteiger partial charge in [-0.15, -0.1) is 11.3 Å². The number of rotatable bonds is 4. The molecular formula is C11H14BrNO3S. The average Bonchev–Trinajstić information content (AvgIpc) is 2.58. The van der Waals surface area contributed by atoms with Gasteiger partial charge in [0, 0.05) is 17.4 Å². The highest BCUT2D eigenvalue weighted by Gasteiger charge is 2.33. The van der Waals surface area contributed by atoms with Crippen LogP contribution in [-0.4, -0.2) is 27.9 Å². The standard InChI is InChI=1S/C11H14BrNO3S/c1-6(2)13(7(3)14)9(11(15)16)10-8(12)4-5-17-10/h4-6,9H,1-3H3,(H,15,16). The Bertz CT molecular complexity index is 430. The van der Waals surface area contributed by atoms with E-state index in [0.29, 0.717) is 4.88 Å². The molecule has 1 unspecified atom stereocenters. The highest BCUT2D eigenvalue weighted by Crippen LogP contribution is 2.34. The van der Waals surface area contributed by atoms with Gasteiger partial charge in [-0.25, -0.2) is 4.79 Å². The van der Waals surface area contributed by atoms with Crippen molar-refractivity contribution in [1.29, 1.82) is 0 Å². The fourth-order valence-electron chi connectivity index (χ4n) is 1.70. The monoisotopic (exact) mass is 319 g/mol. The van der Waals surface area contributed by atoms with Crippen molar-refractivity contribution < 1.29 is 14.7 Å². The number of carboxylic acids is 1. The molecule has 1 aromatic rings. The molecular weight excluding hydrogens is 306 g/mol. The van der Waals surface area contributed by atoms with E-state index >= 15 is 0 Å². The number of halogens is 1. The largest absolute Gasteiger partial charge is 0.479 e. The van der Waals surface area contributed by atoms with E-state index in [4.69, 9.17) is 0 Å². The van der Waals surface area contributed by atoms with E-state index in [0.717, 1.165) is 4.47 Å². The molecule has 0 aromatic carbocycles. The van der Waals surface area contributed by atoms with E-state index in [1.54, 1.807) is 25.3 Å². The van der Waals surface area contributed by atoms with Gasteiger partial charge in [0.05, 0.1) is 4.88 Å². The zero-order chi connectivity index (χ0) is 13.2. The van der Waals surface area contributed by atoms with Gasteiger partial charge < -0.3 is 10.0 Å². The molecule has 1 aromatic heterocycles.